The Labute approximate surface area is 183 Å². The summed E-state index contributed by atoms with van der Waals surface area (Å²) >= 11 is 12.0. The number of aryl methyl sites for hydroxylation is 1. The van der Waals surface area contributed by atoms with E-state index in [1.807, 2.05) is 37.3 Å². The zero-order chi connectivity index (χ0) is 21.3. The van der Waals surface area contributed by atoms with Crippen molar-refractivity contribution in [1.82, 2.24) is 4.98 Å². The van der Waals surface area contributed by atoms with Crippen molar-refractivity contribution in [3.05, 3.63) is 76.3 Å². The van der Waals surface area contributed by atoms with Gasteiger partial charge in [-0.3, -0.25) is 4.79 Å². The van der Waals surface area contributed by atoms with Crippen molar-refractivity contribution >= 4 is 45.9 Å². The van der Waals surface area contributed by atoms with Gasteiger partial charge < -0.3 is 14.5 Å². The van der Waals surface area contributed by atoms with Gasteiger partial charge in [-0.2, -0.15) is 0 Å². The van der Waals surface area contributed by atoms with Crippen molar-refractivity contribution in [2.45, 2.75) is 20.0 Å². The molecule has 7 heteroatoms. The van der Waals surface area contributed by atoms with Crippen molar-refractivity contribution < 1.29 is 13.9 Å². The Morgan fingerprint density at radius 2 is 1.83 bits per heavy atom. The number of oxazole rings is 1. The quantitative estimate of drug-likeness (QED) is 0.383. The molecule has 0 radical (unpaired) electrons. The van der Waals surface area contributed by atoms with Gasteiger partial charge in [0.2, 0.25) is 5.89 Å². The smallest absolute Gasteiger partial charge is 0.265 e. The average molecular weight is 441 g/mol. The van der Waals surface area contributed by atoms with E-state index in [9.17, 15) is 4.79 Å². The van der Waals surface area contributed by atoms with Crippen LogP contribution in [-0.2, 0) is 4.79 Å². The average Bonchev–Trinajstić information content (AvgIpc) is 3.13. The predicted octanol–water partition coefficient (Wildman–Crippen LogP) is 6.52. The molecule has 152 valence electrons. The van der Waals surface area contributed by atoms with Gasteiger partial charge in [0.1, 0.15) is 11.3 Å². The van der Waals surface area contributed by atoms with Gasteiger partial charge in [0.25, 0.3) is 5.91 Å². The lowest BCUT2D eigenvalue weighted by atomic mass is 10.2. The summed E-state index contributed by atoms with van der Waals surface area (Å²) in [6.07, 6.45) is -0.747. The largest absolute Gasteiger partial charge is 0.479 e. The molecule has 1 unspecified atom stereocenters. The fourth-order valence-corrected chi connectivity index (χ4v) is 3.36. The molecule has 4 rings (SSSR count). The number of anilines is 1. The van der Waals surface area contributed by atoms with Crippen LogP contribution in [-0.4, -0.2) is 17.0 Å². The molecular weight excluding hydrogens is 423 g/mol. The summed E-state index contributed by atoms with van der Waals surface area (Å²) in [5.74, 6) is 0.624. The minimum absolute atomic E-state index is 0.300. The van der Waals surface area contributed by atoms with Crippen LogP contribution in [0.5, 0.6) is 5.75 Å². The SMILES string of the molecule is Cc1ccc2nc(-c3ccc(NC(=O)C(C)Oc4ccc(Cl)cc4Cl)cc3)oc2c1. The lowest BCUT2D eigenvalue weighted by Gasteiger charge is -2.16. The summed E-state index contributed by atoms with van der Waals surface area (Å²) < 4.78 is 11.5. The van der Waals surface area contributed by atoms with Gasteiger partial charge in [0.05, 0.1) is 5.02 Å². The molecule has 4 aromatic rings. The highest BCUT2D eigenvalue weighted by Crippen LogP contribution is 2.29. The van der Waals surface area contributed by atoms with Crippen molar-refractivity contribution in [3.8, 4) is 17.2 Å². The number of carbonyl (C=O) groups excluding carboxylic acids is 1. The van der Waals surface area contributed by atoms with Crippen LogP contribution in [0.2, 0.25) is 10.0 Å². The fraction of sp³-hybridized carbons (Fsp3) is 0.130. The zero-order valence-electron chi connectivity index (χ0n) is 16.3. The highest BCUT2D eigenvalue weighted by Gasteiger charge is 2.17. The number of ether oxygens (including phenoxy) is 1. The molecule has 1 aromatic heterocycles. The summed E-state index contributed by atoms with van der Waals surface area (Å²) in [5, 5.41) is 3.67. The molecule has 0 aliphatic rings. The zero-order valence-corrected chi connectivity index (χ0v) is 17.8. The molecule has 3 aromatic carbocycles. The highest BCUT2D eigenvalue weighted by atomic mass is 35.5. The van der Waals surface area contributed by atoms with Crippen LogP contribution >= 0.6 is 23.2 Å². The molecule has 0 spiro atoms. The number of rotatable bonds is 5. The van der Waals surface area contributed by atoms with Gasteiger partial charge >= 0.3 is 0 Å². The number of nitrogens with one attached hydrogen (secondary N) is 1. The van der Waals surface area contributed by atoms with E-state index in [1.54, 1.807) is 37.3 Å². The Kier molecular flexibility index (Phi) is 5.66. The van der Waals surface area contributed by atoms with Crippen LogP contribution in [0.1, 0.15) is 12.5 Å². The predicted molar refractivity (Wildman–Crippen MR) is 119 cm³/mol. The van der Waals surface area contributed by atoms with Gasteiger partial charge in [-0.1, -0.05) is 29.3 Å². The van der Waals surface area contributed by atoms with E-state index < -0.39 is 6.10 Å². The monoisotopic (exact) mass is 440 g/mol. The second-order valence-corrected chi connectivity index (χ2v) is 7.74. The first-order valence-corrected chi connectivity index (χ1v) is 10.0. The molecule has 30 heavy (non-hydrogen) atoms. The van der Waals surface area contributed by atoms with Gasteiger partial charge in [-0.05, 0) is 74.0 Å². The van der Waals surface area contributed by atoms with Crippen LogP contribution in [0.15, 0.2) is 65.1 Å². The first-order chi connectivity index (χ1) is 14.4. The number of carbonyl (C=O) groups is 1. The second kappa shape index (κ2) is 8.38. The molecule has 0 aliphatic carbocycles. The number of benzene rings is 3. The molecule has 1 N–H and O–H groups in total. The molecular formula is C23H18Cl2N2O3. The number of nitrogens with zero attached hydrogens (tertiary/aromatic N) is 1. The van der Waals surface area contributed by atoms with Crippen LogP contribution < -0.4 is 10.1 Å². The third kappa shape index (κ3) is 4.42. The first kappa shape index (κ1) is 20.3. The first-order valence-electron chi connectivity index (χ1n) is 9.29. The Morgan fingerprint density at radius 3 is 2.57 bits per heavy atom. The topological polar surface area (TPSA) is 64.4 Å². The standard InChI is InChI=1S/C23H18Cl2N2O3/c1-13-3-9-19-21(11-13)30-23(27-19)15-4-7-17(8-5-15)26-22(28)14(2)29-20-10-6-16(24)12-18(20)25/h3-12,14H,1-2H3,(H,26,28). The molecule has 0 aliphatic heterocycles. The van der Waals surface area contributed by atoms with Crippen LogP contribution in [0, 0.1) is 6.92 Å². The van der Waals surface area contributed by atoms with E-state index >= 15 is 0 Å². The number of halogens is 2. The second-order valence-electron chi connectivity index (χ2n) is 6.89. The van der Waals surface area contributed by atoms with Crippen molar-refractivity contribution in [2.75, 3.05) is 5.32 Å². The van der Waals surface area contributed by atoms with E-state index in [2.05, 4.69) is 10.3 Å². The Balaban J connectivity index is 1.43. The Bertz CT molecular complexity index is 1220. The molecule has 0 saturated carbocycles. The molecule has 0 fully saturated rings. The lowest BCUT2D eigenvalue weighted by Crippen LogP contribution is -2.30. The van der Waals surface area contributed by atoms with Crippen molar-refractivity contribution in [1.29, 1.82) is 0 Å². The minimum atomic E-state index is -0.747. The lowest BCUT2D eigenvalue weighted by molar-refractivity contribution is -0.122. The van der Waals surface area contributed by atoms with E-state index in [-0.39, 0.29) is 5.91 Å². The summed E-state index contributed by atoms with van der Waals surface area (Å²) in [6.45, 7) is 3.65. The Morgan fingerprint density at radius 1 is 1.07 bits per heavy atom. The molecule has 0 saturated heterocycles. The fourth-order valence-electron chi connectivity index (χ4n) is 2.91. The third-order valence-corrected chi connectivity index (χ3v) is 5.04. The number of amides is 1. The van der Waals surface area contributed by atoms with E-state index in [0.29, 0.717) is 27.4 Å². The van der Waals surface area contributed by atoms with Crippen molar-refractivity contribution in [3.63, 3.8) is 0 Å². The maximum absolute atomic E-state index is 12.5. The van der Waals surface area contributed by atoms with Gasteiger partial charge in [-0.15, -0.1) is 0 Å². The summed E-state index contributed by atoms with van der Waals surface area (Å²) in [6, 6.07) is 18.0. The van der Waals surface area contributed by atoms with Crippen LogP contribution in [0.25, 0.3) is 22.6 Å². The maximum Gasteiger partial charge on any atom is 0.265 e. The number of hydrogen-bond donors (Lipinski definition) is 1. The van der Waals surface area contributed by atoms with E-state index in [1.165, 1.54) is 0 Å². The third-order valence-electron chi connectivity index (χ3n) is 4.51. The molecule has 1 heterocycles. The van der Waals surface area contributed by atoms with Gasteiger partial charge in [-0.25, -0.2) is 4.98 Å². The maximum atomic E-state index is 12.5. The molecule has 0 bridgehead atoms. The van der Waals surface area contributed by atoms with Crippen LogP contribution in [0.3, 0.4) is 0 Å². The summed E-state index contributed by atoms with van der Waals surface area (Å²) in [5.41, 5.74) is 4.11. The van der Waals surface area contributed by atoms with E-state index in [0.717, 1.165) is 22.2 Å². The van der Waals surface area contributed by atoms with Crippen LogP contribution in [0.4, 0.5) is 5.69 Å². The van der Waals surface area contributed by atoms with E-state index in [4.69, 9.17) is 32.4 Å². The van der Waals surface area contributed by atoms with Gasteiger partial charge in [0.15, 0.2) is 11.7 Å². The summed E-state index contributed by atoms with van der Waals surface area (Å²) in [7, 11) is 0. The van der Waals surface area contributed by atoms with Gasteiger partial charge in [0, 0.05) is 16.3 Å². The molecule has 1 amide bonds. The minimum Gasteiger partial charge on any atom is -0.479 e. The Hall–Kier alpha value is -3.02. The number of hydrogen-bond acceptors (Lipinski definition) is 4. The normalized spacial score (nSPS) is 12.0. The highest BCUT2D eigenvalue weighted by molar-refractivity contribution is 6.35. The molecule has 5 nitrogen and oxygen atoms in total. The number of aromatic nitrogens is 1. The summed E-state index contributed by atoms with van der Waals surface area (Å²) in [4.78, 5) is 17.0. The van der Waals surface area contributed by atoms with Crippen molar-refractivity contribution in [2.24, 2.45) is 0 Å². The number of fused-ring (bicyclic) bond motifs is 1. The molecule has 1 atom stereocenters.